The molecule has 0 amide bonds. The van der Waals surface area contributed by atoms with E-state index in [0.29, 0.717) is 17.9 Å². The average Bonchev–Trinajstić information content (AvgIpc) is 2.67. The van der Waals surface area contributed by atoms with Crippen LogP contribution in [0, 0.1) is 11.3 Å². The van der Waals surface area contributed by atoms with Crippen molar-refractivity contribution in [2.24, 2.45) is 0 Å². The summed E-state index contributed by atoms with van der Waals surface area (Å²) in [4.78, 5) is 0. The molecule has 2 aromatic carbocycles. The smallest absolute Gasteiger partial charge is 0.144 e. The van der Waals surface area contributed by atoms with Gasteiger partial charge in [-0.15, -0.1) is 0 Å². The molecule has 0 N–H and O–H groups in total. The summed E-state index contributed by atoms with van der Waals surface area (Å²) in [7, 11) is 0. The molecular formula is C23H31NO2. The van der Waals surface area contributed by atoms with Gasteiger partial charge >= 0.3 is 0 Å². The third-order valence-corrected chi connectivity index (χ3v) is 4.59. The molecule has 0 aliphatic carbocycles. The van der Waals surface area contributed by atoms with Crippen LogP contribution in [-0.4, -0.2) is 13.2 Å². The van der Waals surface area contributed by atoms with Crippen LogP contribution in [0.25, 0.3) is 10.8 Å². The molecule has 140 valence electrons. The molecule has 0 saturated carbocycles. The van der Waals surface area contributed by atoms with E-state index in [-0.39, 0.29) is 0 Å². The lowest BCUT2D eigenvalue weighted by Crippen LogP contribution is -2.01. The van der Waals surface area contributed by atoms with Gasteiger partial charge in [0.1, 0.15) is 17.6 Å². The fraction of sp³-hybridized carbons (Fsp3) is 0.522. The van der Waals surface area contributed by atoms with Crippen LogP contribution in [0.15, 0.2) is 30.3 Å². The molecule has 2 rings (SSSR count). The summed E-state index contributed by atoms with van der Waals surface area (Å²) in [5.74, 6) is 1.57. The zero-order chi connectivity index (χ0) is 18.6. The van der Waals surface area contributed by atoms with E-state index < -0.39 is 0 Å². The Morgan fingerprint density at radius 2 is 1.46 bits per heavy atom. The van der Waals surface area contributed by atoms with Crippen LogP contribution in [0.2, 0.25) is 0 Å². The van der Waals surface area contributed by atoms with E-state index in [1.807, 2.05) is 30.3 Å². The van der Waals surface area contributed by atoms with Gasteiger partial charge in [0.2, 0.25) is 0 Å². The van der Waals surface area contributed by atoms with Gasteiger partial charge in [0.15, 0.2) is 0 Å². The number of nitriles is 1. The molecule has 0 saturated heterocycles. The van der Waals surface area contributed by atoms with Gasteiger partial charge in [0, 0.05) is 10.8 Å². The summed E-state index contributed by atoms with van der Waals surface area (Å²) in [5.41, 5.74) is 0.591. The Kier molecular flexibility index (Phi) is 8.83. The lowest BCUT2D eigenvalue weighted by Gasteiger charge is -2.14. The van der Waals surface area contributed by atoms with Crippen molar-refractivity contribution in [3.8, 4) is 17.6 Å². The first-order chi connectivity index (χ1) is 12.8. The predicted octanol–water partition coefficient (Wildman–Crippen LogP) is 6.63. The molecular weight excluding hydrogens is 322 g/mol. The number of ether oxygens (including phenoxy) is 2. The summed E-state index contributed by atoms with van der Waals surface area (Å²) in [6.45, 7) is 5.79. The molecule has 0 unspecified atom stereocenters. The highest BCUT2D eigenvalue weighted by Gasteiger charge is 2.12. The summed E-state index contributed by atoms with van der Waals surface area (Å²) in [6.07, 6.45) is 9.35. The third-order valence-electron chi connectivity index (χ3n) is 4.59. The van der Waals surface area contributed by atoms with Gasteiger partial charge in [-0.25, -0.2) is 0 Å². The minimum Gasteiger partial charge on any atom is -0.493 e. The van der Waals surface area contributed by atoms with Gasteiger partial charge in [-0.2, -0.15) is 5.26 Å². The minimum absolute atomic E-state index is 0.591. The number of fused-ring (bicyclic) bond motifs is 1. The fourth-order valence-electron chi connectivity index (χ4n) is 3.08. The van der Waals surface area contributed by atoms with E-state index in [9.17, 15) is 5.26 Å². The molecule has 26 heavy (non-hydrogen) atoms. The zero-order valence-electron chi connectivity index (χ0n) is 16.2. The van der Waals surface area contributed by atoms with Gasteiger partial charge in [-0.05, 0) is 31.0 Å². The molecule has 0 aliphatic rings. The molecule has 0 aliphatic heterocycles. The van der Waals surface area contributed by atoms with Crippen molar-refractivity contribution in [2.75, 3.05) is 13.2 Å². The van der Waals surface area contributed by atoms with Crippen LogP contribution < -0.4 is 9.47 Å². The van der Waals surface area contributed by atoms with Crippen molar-refractivity contribution < 1.29 is 9.47 Å². The van der Waals surface area contributed by atoms with Crippen molar-refractivity contribution >= 4 is 10.8 Å². The highest BCUT2D eigenvalue weighted by molar-refractivity contribution is 5.94. The highest BCUT2D eigenvalue weighted by atomic mass is 16.5. The Balaban J connectivity index is 2.13. The number of benzene rings is 2. The van der Waals surface area contributed by atoms with Crippen molar-refractivity contribution in [1.82, 2.24) is 0 Å². The van der Waals surface area contributed by atoms with Crippen molar-refractivity contribution in [1.29, 1.82) is 5.26 Å². The molecule has 0 spiro atoms. The Morgan fingerprint density at radius 1 is 0.769 bits per heavy atom. The molecule has 0 bridgehead atoms. The molecule has 3 nitrogen and oxygen atoms in total. The van der Waals surface area contributed by atoms with Crippen LogP contribution in [0.5, 0.6) is 11.5 Å². The monoisotopic (exact) mass is 353 g/mol. The van der Waals surface area contributed by atoms with Crippen LogP contribution in [0.3, 0.4) is 0 Å². The van der Waals surface area contributed by atoms with E-state index in [2.05, 4.69) is 19.9 Å². The van der Waals surface area contributed by atoms with E-state index in [1.165, 1.54) is 32.1 Å². The second-order valence-corrected chi connectivity index (χ2v) is 6.72. The van der Waals surface area contributed by atoms with Gasteiger partial charge in [-0.1, -0.05) is 64.5 Å². The van der Waals surface area contributed by atoms with Crippen LogP contribution >= 0.6 is 0 Å². The average molecular weight is 354 g/mol. The van der Waals surface area contributed by atoms with E-state index in [4.69, 9.17) is 9.47 Å². The Labute approximate surface area is 157 Å². The molecule has 2 aromatic rings. The van der Waals surface area contributed by atoms with Crippen LogP contribution in [0.1, 0.15) is 70.8 Å². The predicted molar refractivity (Wildman–Crippen MR) is 108 cm³/mol. The fourth-order valence-corrected chi connectivity index (χ4v) is 3.08. The Bertz CT molecular complexity index is 718. The zero-order valence-corrected chi connectivity index (χ0v) is 16.2. The Morgan fingerprint density at radius 3 is 2.12 bits per heavy atom. The summed E-state index contributed by atoms with van der Waals surface area (Å²) >= 11 is 0. The molecule has 0 aromatic heterocycles. The maximum Gasteiger partial charge on any atom is 0.144 e. The highest BCUT2D eigenvalue weighted by Crippen LogP contribution is 2.35. The number of hydrogen-bond acceptors (Lipinski definition) is 3. The molecule has 0 heterocycles. The van der Waals surface area contributed by atoms with E-state index >= 15 is 0 Å². The van der Waals surface area contributed by atoms with Gasteiger partial charge < -0.3 is 9.47 Å². The van der Waals surface area contributed by atoms with Crippen molar-refractivity contribution in [3.63, 3.8) is 0 Å². The standard InChI is InChI=1S/C23H31NO2/c1-3-5-7-9-16-25-22-13-11-12-21-20(22)15-14-19(18-24)23(21)26-17-10-8-6-4-2/h11-15H,3-10,16-17H2,1-2H3. The number of unbranched alkanes of at least 4 members (excludes halogenated alkanes) is 6. The maximum absolute atomic E-state index is 9.45. The number of rotatable bonds is 12. The quantitative estimate of drug-likeness (QED) is 0.402. The topological polar surface area (TPSA) is 42.2 Å². The minimum atomic E-state index is 0.591. The summed E-state index contributed by atoms with van der Waals surface area (Å²) in [6, 6.07) is 12.1. The van der Waals surface area contributed by atoms with Crippen LogP contribution in [0.4, 0.5) is 0 Å². The summed E-state index contributed by atoms with van der Waals surface area (Å²) < 4.78 is 12.0. The first-order valence-corrected chi connectivity index (χ1v) is 10.0. The lowest BCUT2D eigenvalue weighted by atomic mass is 10.0. The lowest BCUT2D eigenvalue weighted by molar-refractivity contribution is 0.305. The third kappa shape index (κ3) is 5.66. The molecule has 0 radical (unpaired) electrons. The van der Waals surface area contributed by atoms with E-state index in [0.717, 1.165) is 42.4 Å². The SMILES string of the molecule is CCCCCCOc1cccc2c(OCCCCCC)c(C#N)ccc12. The van der Waals surface area contributed by atoms with Crippen molar-refractivity contribution in [2.45, 2.75) is 65.2 Å². The van der Waals surface area contributed by atoms with Gasteiger partial charge in [-0.3, -0.25) is 0 Å². The molecule has 0 atom stereocenters. The second kappa shape index (κ2) is 11.4. The Hall–Kier alpha value is -2.21. The molecule has 3 heteroatoms. The largest absolute Gasteiger partial charge is 0.493 e. The van der Waals surface area contributed by atoms with Crippen molar-refractivity contribution in [3.05, 3.63) is 35.9 Å². The maximum atomic E-state index is 9.45. The van der Waals surface area contributed by atoms with E-state index in [1.54, 1.807) is 0 Å². The van der Waals surface area contributed by atoms with Gasteiger partial charge in [0.05, 0.1) is 18.8 Å². The van der Waals surface area contributed by atoms with Gasteiger partial charge in [0.25, 0.3) is 0 Å². The molecule has 0 fully saturated rings. The first-order valence-electron chi connectivity index (χ1n) is 10.0. The first kappa shape index (κ1) is 20.1. The second-order valence-electron chi connectivity index (χ2n) is 6.72. The normalized spacial score (nSPS) is 10.7. The van der Waals surface area contributed by atoms with Crippen LogP contribution in [-0.2, 0) is 0 Å². The number of hydrogen-bond donors (Lipinski definition) is 0. The summed E-state index contributed by atoms with van der Waals surface area (Å²) in [5, 5.41) is 11.4. The number of nitrogens with zero attached hydrogens (tertiary/aromatic N) is 1.